The predicted octanol–water partition coefficient (Wildman–Crippen LogP) is 1.94. The van der Waals surface area contributed by atoms with Gasteiger partial charge in [-0.3, -0.25) is 14.0 Å². The topological polar surface area (TPSA) is 49.9 Å². The van der Waals surface area contributed by atoms with Gasteiger partial charge in [0.15, 0.2) is 0 Å². The Hall–Kier alpha value is -0.310. The van der Waals surface area contributed by atoms with E-state index < -0.39 is 28.2 Å². The second-order valence-corrected chi connectivity index (χ2v) is 8.63. The van der Waals surface area contributed by atoms with E-state index in [0.29, 0.717) is 32.0 Å². The second-order valence-electron chi connectivity index (χ2n) is 6.74. The average Bonchev–Trinajstić information content (AvgIpc) is 2.46. The van der Waals surface area contributed by atoms with Gasteiger partial charge in [-0.05, 0) is 33.6 Å². The van der Waals surface area contributed by atoms with Crippen LogP contribution in [0, 0.1) is 0 Å². The number of piperazine rings is 1. The van der Waals surface area contributed by atoms with Gasteiger partial charge in [0, 0.05) is 38.6 Å². The lowest BCUT2D eigenvalue weighted by molar-refractivity contribution is -0.149. The van der Waals surface area contributed by atoms with Crippen LogP contribution in [0.4, 0.5) is 8.78 Å². The summed E-state index contributed by atoms with van der Waals surface area (Å²) in [7, 11) is -3.74. The van der Waals surface area contributed by atoms with Crippen LogP contribution in [0.25, 0.3) is 0 Å². The van der Waals surface area contributed by atoms with Crippen LogP contribution in [0.1, 0.15) is 40.0 Å². The number of halogens is 2. The lowest BCUT2D eigenvalue weighted by atomic mass is 9.87. The molecule has 23 heavy (non-hydrogen) atoms. The molecule has 136 valence electrons. The van der Waals surface area contributed by atoms with Gasteiger partial charge in [0.25, 0.3) is 16.0 Å². The number of hydrogen-bond acceptors (Lipinski definition) is 5. The Bertz CT molecular complexity index is 491. The van der Waals surface area contributed by atoms with Crippen LogP contribution in [0.3, 0.4) is 0 Å². The highest BCUT2D eigenvalue weighted by Crippen LogP contribution is 2.39. The maximum Gasteiger partial charge on any atom is 0.267 e. The van der Waals surface area contributed by atoms with Crippen molar-refractivity contribution in [1.82, 2.24) is 9.80 Å². The summed E-state index contributed by atoms with van der Waals surface area (Å²) in [5.74, 6) is -3.10. The molecule has 0 unspecified atom stereocenters. The molecule has 1 heterocycles. The SMILES string of the molecule is CCS(=O)(=O)O[C@@H]1CCCC(F)(F)[C@H]1N1CCN(C(C)C)CC1. The first-order valence-corrected chi connectivity index (χ1v) is 10.0. The van der Waals surface area contributed by atoms with Gasteiger partial charge >= 0.3 is 0 Å². The summed E-state index contributed by atoms with van der Waals surface area (Å²) in [6, 6.07) is -0.761. The zero-order valence-electron chi connectivity index (χ0n) is 14.2. The first-order chi connectivity index (χ1) is 10.7. The highest BCUT2D eigenvalue weighted by Gasteiger charge is 2.52. The molecule has 0 aromatic heterocycles. The van der Waals surface area contributed by atoms with Gasteiger partial charge in [0.05, 0.1) is 11.9 Å². The molecule has 8 heteroatoms. The maximum absolute atomic E-state index is 14.5. The quantitative estimate of drug-likeness (QED) is 0.706. The maximum atomic E-state index is 14.5. The van der Waals surface area contributed by atoms with Gasteiger partial charge in [-0.1, -0.05) is 0 Å². The molecular formula is C15H28F2N2O3S. The Kier molecular flexibility index (Phi) is 6.03. The standard InChI is InChI=1S/C15H28F2N2O3S/c1-4-23(20,21)22-13-6-5-7-15(16,17)14(13)19-10-8-18(9-11-19)12(2)3/h12-14H,4-11H2,1-3H3/t13-,14+/m1/s1. The van der Waals surface area contributed by atoms with E-state index in [9.17, 15) is 17.2 Å². The van der Waals surface area contributed by atoms with E-state index in [4.69, 9.17) is 4.18 Å². The van der Waals surface area contributed by atoms with E-state index in [1.54, 1.807) is 4.90 Å². The minimum absolute atomic E-state index is 0.192. The molecule has 0 N–H and O–H groups in total. The third kappa shape index (κ3) is 4.61. The molecule has 1 saturated carbocycles. The Morgan fingerprint density at radius 1 is 1.22 bits per heavy atom. The minimum Gasteiger partial charge on any atom is -0.298 e. The molecule has 2 fully saturated rings. The summed E-state index contributed by atoms with van der Waals surface area (Å²) in [6.45, 7) is 8.12. The van der Waals surface area contributed by atoms with Crippen LogP contribution in [0.15, 0.2) is 0 Å². The van der Waals surface area contributed by atoms with Crippen LogP contribution in [-0.2, 0) is 14.3 Å². The van der Waals surface area contributed by atoms with Gasteiger partial charge in [0.2, 0.25) is 0 Å². The van der Waals surface area contributed by atoms with E-state index in [2.05, 4.69) is 18.7 Å². The molecule has 2 atom stereocenters. The van der Waals surface area contributed by atoms with E-state index in [1.165, 1.54) is 6.92 Å². The molecule has 1 aliphatic carbocycles. The Morgan fingerprint density at radius 2 is 1.83 bits per heavy atom. The molecule has 2 aliphatic rings. The van der Waals surface area contributed by atoms with Crippen LogP contribution in [0.5, 0.6) is 0 Å². The molecule has 5 nitrogen and oxygen atoms in total. The van der Waals surface area contributed by atoms with E-state index in [-0.39, 0.29) is 12.2 Å². The van der Waals surface area contributed by atoms with Crippen LogP contribution < -0.4 is 0 Å². The summed E-state index contributed by atoms with van der Waals surface area (Å²) in [5.41, 5.74) is 0. The Labute approximate surface area is 138 Å². The van der Waals surface area contributed by atoms with E-state index >= 15 is 0 Å². The molecule has 1 aliphatic heterocycles. The molecule has 0 spiro atoms. The third-order valence-corrected chi connectivity index (χ3v) is 6.13. The van der Waals surface area contributed by atoms with Crippen molar-refractivity contribution in [1.29, 1.82) is 0 Å². The van der Waals surface area contributed by atoms with Crippen molar-refractivity contribution in [2.24, 2.45) is 0 Å². The minimum atomic E-state index is -3.74. The van der Waals surface area contributed by atoms with Crippen molar-refractivity contribution in [3.05, 3.63) is 0 Å². The third-order valence-electron chi connectivity index (χ3n) is 4.88. The largest absolute Gasteiger partial charge is 0.298 e. The first kappa shape index (κ1) is 19.0. The first-order valence-electron chi connectivity index (χ1n) is 8.43. The number of rotatable bonds is 5. The fourth-order valence-electron chi connectivity index (χ4n) is 3.51. The molecular weight excluding hydrogens is 326 g/mol. The zero-order valence-corrected chi connectivity index (χ0v) is 15.0. The number of alkyl halides is 2. The molecule has 1 saturated heterocycles. The monoisotopic (exact) mass is 354 g/mol. The van der Waals surface area contributed by atoms with Crippen molar-refractivity contribution in [3.8, 4) is 0 Å². The van der Waals surface area contributed by atoms with Gasteiger partial charge in [-0.2, -0.15) is 8.42 Å². The van der Waals surface area contributed by atoms with Gasteiger partial charge in [-0.25, -0.2) is 8.78 Å². The fraction of sp³-hybridized carbons (Fsp3) is 1.00. The van der Waals surface area contributed by atoms with Gasteiger partial charge in [0.1, 0.15) is 6.04 Å². The Balaban J connectivity index is 2.13. The van der Waals surface area contributed by atoms with Gasteiger partial charge in [-0.15, -0.1) is 0 Å². The summed E-state index contributed by atoms with van der Waals surface area (Å²) >= 11 is 0. The summed E-state index contributed by atoms with van der Waals surface area (Å²) in [5, 5.41) is 0. The summed E-state index contributed by atoms with van der Waals surface area (Å²) < 4.78 is 57.7. The normalized spacial score (nSPS) is 30.7. The van der Waals surface area contributed by atoms with Crippen LogP contribution in [0.2, 0.25) is 0 Å². The average molecular weight is 354 g/mol. The molecule has 0 aromatic carbocycles. The lowest BCUT2D eigenvalue weighted by Gasteiger charge is -2.47. The summed E-state index contributed by atoms with van der Waals surface area (Å²) in [4.78, 5) is 3.98. The number of nitrogens with zero attached hydrogens (tertiary/aromatic N) is 2. The number of hydrogen-bond donors (Lipinski definition) is 0. The molecule has 0 radical (unpaired) electrons. The van der Waals surface area contributed by atoms with Crippen molar-refractivity contribution >= 4 is 10.1 Å². The zero-order chi connectivity index (χ0) is 17.3. The lowest BCUT2D eigenvalue weighted by Crippen LogP contribution is -2.62. The fourth-order valence-corrected chi connectivity index (χ4v) is 4.22. The van der Waals surface area contributed by atoms with Crippen molar-refractivity contribution in [2.75, 3.05) is 31.9 Å². The molecule has 0 bridgehead atoms. The smallest absolute Gasteiger partial charge is 0.267 e. The molecule has 0 amide bonds. The van der Waals surface area contributed by atoms with Crippen LogP contribution >= 0.6 is 0 Å². The highest BCUT2D eigenvalue weighted by molar-refractivity contribution is 7.86. The van der Waals surface area contributed by atoms with E-state index in [0.717, 1.165) is 13.1 Å². The second kappa shape index (κ2) is 7.29. The molecule has 2 rings (SSSR count). The van der Waals surface area contributed by atoms with Crippen molar-refractivity contribution in [3.63, 3.8) is 0 Å². The molecule has 0 aromatic rings. The van der Waals surface area contributed by atoms with Gasteiger partial charge < -0.3 is 0 Å². The van der Waals surface area contributed by atoms with Crippen molar-refractivity contribution in [2.45, 2.75) is 64.1 Å². The highest BCUT2D eigenvalue weighted by atomic mass is 32.2. The van der Waals surface area contributed by atoms with Crippen molar-refractivity contribution < 1.29 is 21.4 Å². The Morgan fingerprint density at radius 3 is 2.35 bits per heavy atom. The summed E-state index contributed by atoms with van der Waals surface area (Å²) in [6.07, 6.45) is -0.494. The van der Waals surface area contributed by atoms with Crippen LogP contribution in [-0.4, -0.2) is 74.3 Å². The predicted molar refractivity (Wildman–Crippen MR) is 85.2 cm³/mol. The van der Waals surface area contributed by atoms with E-state index in [1.807, 2.05) is 0 Å².